The summed E-state index contributed by atoms with van der Waals surface area (Å²) in [6, 6.07) is 7.78. The number of halogens is 1. The van der Waals surface area contributed by atoms with E-state index in [-0.39, 0.29) is 11.1 Å². The van der Waals surface area contributed by atoms with Crippen LogP contribution in [0.15, 0.2) is 41.5 Å². The minimum atomic E-state index is -0.742. The number of phenols is 3. The maximum absolute atomic E-state index is 13.3. The van der Waals surface area contributed by atoms with Crippen molar-refractivity contribution in [1.82, 2.24) is 5.43 Å². The van der Waals surface area contributed by atoms with Crippen LogP contribution in [-0.2, 0) is 0 Å². The molecule has 2 aromatic rings. The zero-order chi connectivity index (χ0) is 15.4. The van der Waals surface area contributed by atoms with Crippen molar-refractivity contribution in [2.75, 3.05) is 0 Å². The van der Waals surface area contributed by atoms with Crippen molar-refractivity contribution >= 4 is 12.1 Å². The van der Waals surface area contributed by atoms with Crippen LogP contribution in [0.3, 0.4) is 0 Å². The Morgan fingerprint density at radius 3 is 2.38 bits per heavy atom. The van der Waals surface area contributed by atoms with Crippen LogP contribution in [0.4, 0.5) is 4.39 Å². The molecule has 0 aromatic heterocycles. The van der Waals surface area contributed by atoms with Gasteiger partial charge in [0.05, 0.1) is 6.21 Å². The molecule has 0 saturated carbocycles. The third kappa shape index (κ3) is 3.27. The smallest absolute Gasteiger partial charge is 0.271 e. The summed E-state index contributed by atoms with van der Waals surface area (Å²) in [4.78, 5) is 11.7. The summed E-state index contributed by atoms with van der Waals surface area (Å²) < 4.78 is 13.3. The van der Waals surface area contributed by atoms with Gasteiger partial charge in [-0.3, -0.25) is 4.79 Å². The van der Waals surface area contributed by atoms with Gasteiger partial charge in [0.2, 0.25) is 0 Å². The molecule has 0 heterocycles. The zero-order valence-corrected chi connectivity index (χ0v) is 10.6. The Morgan fingerprint density at radius 1 is 1.14 bits per heavy atom. The highest BCUT2D eigenvalue weighted by Crippen LogP contribution is 2.35. The van der Waals surface area contributed by atoms with Crippen LogP contribution in [0.2, 0.25) is 0 Å². The monoisotopic (exact) mass is 290 g/mol. The largest absolute Gasteiger partial charge is 0.504 e. The van der Waals surface area contributed by atoms with Crippen molar-refractivity contribution in [3.63, 3.8) is 0 Å². The van der Waals surface area contributed by atoms with Crippen molar-refractivity contribution in [3.8, 4) is 17.2 Å². The summed E-state index contributed by atoms with van der Waals surface area (Å²) >= 11 is 0. The molecule has 0 bridgehead atoms. The van der Waals surface area contributed by atoms with Crippen LogP contribution in [0.25, 0.3) is 0 Å². The molecule has 4 N–H and O–H groups in total. The highest BCUT2D eigenvalue weighted by molar-refractivity contribution is 5.96. The topological polar surface area (TPSA) is 102 Å². The van der Waals surface area contributed by atoms with Crippen LogP contribution in [0.5, 0.6) is 17.2 Å². The van der Waals surface area contributed by atoms with Gasteiger partial charge in [-0.15, -0.1) is 0 Å². The molecular weight excluding hydrogens is 279 g/mol. The van der Waals surface area contributed by atoms with Gasteiger partial charge in [0.15, 0.2) is 17.2 Å². The van der Waals surface area contributed by atoms with Crippen LogP contribution >= 0.6 is 0 Å². The number of hydrazone groups is 1. The molecule has 0 fully saturated rings. The van der Waals surface area contributed by atoms with E-state index < -0.39 is 29.0 Å². The summed E-state index contributed by atoms with van der Waals surface area (Å²) in [5.41, 5.74) is 2.18. The quantitative estimate of drug-likeness (QED) is 0.392. The number of nitrogens with one attached hydrogen (secondary N) is 1. The number of nitrogens with zero attached hydrogens (tertiary/aromatic N) is 1. The van der Waals surface area contributed by atoms with Gasteiger partial charge in [0.25, 0.3) is 5.91 Å². The Balaban J connectivity index is 2.11. The van der Waals surface area contributed by atoms with Crippen molar-refractivity contribution in [2.24, 2.45) is 5.10 Å². The van der Waals surface area contributed by atoms with Gasteiger partial charge in [0, 0.05) is 11.1 Å². The minimum absolute atomic E-state index is 0.117. The fourth-order valence-electron chi connectivity index (χ4n) is 1.54. The van der Waals surface area contributed by atoms with E-state index in [0.717, 1.165) is 18.3 Å². The van der Waals surface area contributed by atoms with E-state index in [1.54, 1.807) is 6.07 Å². The summed E-state index contributed by atoms with van der Waals surface area (Å²) in [5.74, 6) is -3.23. The van der Waals surface area contributed by atoms with Gasteiger partial charge in [-0.2, -0.15) is 5.10 Å². The van der Waals surface area contributed by atoms with Crippen molar-refractivity contribution in [3.05, 3.63) is 53.3 Å². The molecule has 1 amide bonds. The van der Waals surface area contributed by atoms with E-state index in [1.165, 1.54) is 18.2 Å². The zero-order valence-electron chi connectivity index (χ0n) is 10.6. The first-order chi connectivity index (χ1) is 9.99. The molecular formula is C14H11FN2O4. The minimum Gasteiger partial charge on any atom is -0.504 e. The Morgan fingerprint density at radius 2 is 1.76 bits per heavy atom. The molecule has 7 heteroatoms. The average Bonchev–Trinajstić information content (AvgIpc) is 2.46. The maximum Gasteiger partial charge on any atom is 0.271 e. The van der Waals surface area contributed by atoms with Crippen LogP contribution in [0, 0.1) is 5.82 Å². The normalized spacial score (nSPS) is 10.7. The highest BCUT2D eigenvalue weighted by atomic mass is 19.1. The molecule has 0 unspecified atom stereocenters. The van der Waals surface area contributed by atoms with Gasteiger partial charge in [-0.1, -0.05) is 18.2 Å². The predicted molar refractivity (Wildman–Crippen MR) is 72.9 cm³/mol. The van der Waals surface area contributed by atoms with Gasteiger partial charge in [-0.05, 0) is 18.2 Å². The van der Waals surface area contributed by atoms with Gasteiger partial charge >= 0.3 is 0 Å². The van der Waals surface area contributed by atoms with Crippen LogP contribution in [-0.4, -0.2) is 27.4 Å². The second-order valence-corrected chi connectivity index (χ2v) is 4.08. The molecule has 2 rings (SSSR count). The predicted octanol–water partition coefficient (Wildman–Crippen LogP) is 1.71. The second kappa shape index (κ2) is 5.91. The van der Waals surface area contributed by atoms with E-state index in [4.69, 9.17) is 5.11 Å². The number of hydrogen-bond acceptors (Lipinski definition) is 5. The number of carbonyl (C=O) groups is 1. The summed E-state index contributed by atoms with van der Waals surface area (Å²) in [7, 11) is 0. The number of carbonyl (C=O) groups excluding carboxylic acids is 1. The lowest BCUT2D eigenvalue weighted by molar-refractivity contribution is 0.0954. The molecule has 0 aliphatic heterocycles. The van der Waals surface area contributed by atoms with E-state index in [2.05, 4.69) is 10.5 Å². The van der Waals surface area contributed by atoms with E-state index >= 15 is 0 Å². The lowest BCUT2D eigenvalue weighted by Gasteiger charge is -2.04. The molecule has 6 nitrogen and oxygen atoms in total. The molecule has 21 heavy (non-hydrogen) atoms. The van der Waals surface area contributed by atoms with Gasteiger partial charge in [0.1, 0.15) is 5.82 Å². The second-order valence-electron chi connectivity index (χ2n) is 4.08. The number of rotatable bonds is 3. The molecule has 0 saturated heterocycles. The fraction of sp³-hybridized carbons (Fsp3) is 0. The third-order valence-corrected chi connectivity index (χ3v) is 2.61. The lowest BCUT2D eigenvalue weighted by Crippen LogP contribution is -2.17. The fourth-order valence-corrected chi connectivity index (χ4v) is 1.54. The molecule has 0 aliphatic rings. The Labute approximate surface area is 118 Å². The van der Waals surface area contributed by atoms with Crippen LogP contribution in [0.1, 0.15) is 15.9 Å². The maximum atomic E-state index is 13.3. The highest BCUT2D eigenvalue weighted by Gasteiger charge is 2.12. The Kier molecular flexibility index (Phi) is 4.03. The molecule has 0 atom stereocenters. The summed E-state index contributed by atoms with van der Waals surface area (Å²) in [5, 5.41) is 31.3. The van der Waals surface area contributed by atoms with E-state index in [1.807, 2.05) is 0 Å². The molecule has 0 radical (unpaired) electrons. The number of amides is 1. The van der Waals surface area contributed by atoms with Crippen molar-refractivity contribution in [2.45, 2.75) is 0 Å². The number of aromatic hydroxyl groups is 3. The molecule has 2 aromatic carbocycles. The van der Waals surface area contributed by atoms with Gasteiger partial charge in [-0.25, -0.2) is 9.82 Å². The first kappa shape index (κ1) is 14.3. The third-order valence-electron chi connectivity index (χ3n) is 2.61. The molecule has 0 spiro atoms. The Hall–Kier alpha value is -3.09. The average molecular weight is 290 g/mol. The first-order valence-electron chi connectivity index (χ1n) is 5.82. The summed E-state index contributed by atoms with van der Waals surface area (Å²) in [6.07, 6.45) is 1.12. The number of phenolic OH excluding ortho intramolecular Hbond substituents is 3. The van der Waals surface area contributed by atoms with Gasteiger partial charge < -0.3 is 15.3 Å². The molecule has 108 valence electrons. The van der Waals surface area contributed by atoms with E-state index in [0.29, 0.717) is 0 Å². The lowest BCUT2D eigenvalue weighted by atomic mass is 10.2. The van der Waals surface area contributed by atoms with E-state index in [9.17, 15) is 19.4 Å². The number of hydrogen-bond donors (Lipinski definition) is 4. The van der Waals surface area contributed by atoms with Crippen LogP contribution < -0.4 is 5.43 Å². The Bertz CT molecular complexity index is 693. The SMILES string of the molecule is O=C(NN=Cc1ccccc1F)c1cc(O)c(O)c(O)c1. The van der Waals surface area contributed by atoms with Crippen molar-refractivity contribution < 1.29 is 24.5 Å². The first-order valence-corrected chi connectivity index (χ1v) is 5.82. The van der Waals surface area contributed by atoms with Crippen molar-refractivity contribution in [1.29, 1.82) is 0 Å². The standard InChI is InChI=1S/C14H11FN2O4/c15-10-4-2-1-3-8(10)7-16-17-14(21)9-5-11(18)13(20)12(19)6-9/h1-7,18-20H,(H,17,21). The number of benzene rings is 2. The summed E-state index contributed by atoms with van der Waals surface area (Å²) in [6.45, 7) is 0. The molecule has 0 aliphatic carbocycles.